The third kappa shape index (κ3) is 1.76. The Hall–Kier alpha value is -1.20. The summed E-state index contributed by atoms with van der Waals surface area (Å²) in [6, 6.07) is 5.54. The van der Waals surface area contributed by atoms with E-state index in [-0.39, 0.29) is 0 Å². The second kappa shape index (κ2) is 4.35. The van der Waals surface area contributed by atoms with Gasteiger partial charge in [0.2, 0.25) is 0 Å². The number of hydrogen-bond acceptors (Lipinski definition) is 4. The van der Waals surface area contributed by atoms with Crippen LogP contribution in [0.3, 0.4) is 0 Å². The summed E-state index contributed by atoms with van der Waals surface area (Å²) >= 11 is 4.62. The number of hydrogen-bond donors (Lipinski definition) is 0. The zero-order valence-corrected chi connectivity index (χ0v) is 10.7. The van der Waals surface area contributed by atoms with Crippen LogP contribution < -0.4 is 0 Å². The number of carbonyl (C=O) groups is 2. The summed E-state index contributed by atoms with van der Waals surface area (Å²) in [5, 5.41) is 0.744. The number of rotatable bonds is 2. The maximum Gasteiger partial charge on any atom is 0.340 e. The van der Waals surface area contributed by atoms with Crippen molar-refractivity contribution >= 4 is 49.6 Å². The third-order valence-corrected chi connectivity index (χ3v) is 3.76. The van der Waals surface area contributed by atoms with E-state index in [1.807, 2.05) is 18.2 Å². The average Bonchev–Trinajstić information content (AvgIpc) is 2.65. The quantitative estimate of drug-likeness (QED) is 0.631. The molecule has 1 aromatic carbocycles. The molecule has 0 saturated carbocycles. The van der Waals surface area contributed by atoms with Gasteiger partial charge in [0.25, 0.3) is 0 Å². The molecule has 5 heteroatoms. The van der Waals surface area contributed by atoms with Gasteiger partial charge in [0.1, 0.15) is 0 Å². The Labute approximate surface area is 104 Å². The molecule has 2 rings (SSSR count). The van der Waals surface area contributed by atoms with Crippen LogP contribution in [0.5, 0.6) is 0 Å². The predicted molar refractivity (Wildman–Crippen MR) is 66.3 cm³/mol. The van der Waals surface area contributed by atoms with Gasteiger partial charge < -0.3 is 4.74 Å². The molecule has 82 valence electrons. The average molecular weight is 299 g/mol. The van der Waals surface area contributed by atoms with Crippen LogP contribution in [-0.4, -0.2) is 19.4 Å². The van der Waals surface area contributed by atoms with E-state index in [0.29, 0.717) is 16.7 Å². The highest BCUT2D eigenvalue weighted by atomic mass is 79.9. The van der Waals surface area contributed by atoms with Crippen LogP contribution in [0.2, 0.25) is 0 Å². The summed E-state index contributed by atoms with van der Waals surface area (Å²) in [5.41, 5.74) is 0.346. The fourth-order valence-corrected chi connectivity index (χ4v) is 2.83. The largest absolute Gasteiger partial charge is 0.465 e. The molecule has 0 amide bonds. The summed E-state index contributed by atoms with van der Waals surface area (Å²) in [6.45, 7) is 0. The molecule has 0 aliphatic heterocycles. The molecule has 0 bridgehead atoms. The number of halogens is 1. The van der Waals surface area contributed by atoms with Crippen LogP contribution in [0.4, 0.5) is 0 Å². The van der Waals surface area contributed by atoms with Gasteiger partial charge in [0, 0.05) is 14.6 Å². The highest BCUT2D eigenvalue weighted by molar-refractivity contribution is 9.10. The lowest BCUT2D eigenvalue weighted by atomic mass is 10.1. The normalized spacial score (nSPS) is 10.4. The summed E-state index contributed by atoms with van der Waals surface area (Å²) in [5.74, 6) is -0.480. The van der Waals surface area contributed by atoms with E-state index in [9.17, 15) is 9.59 Å². The Morgan fingerprint density at radius 3 is 2.88 bits per heavy atom. The molecule has 2 aromatic rings. The van der Waals surface area contributed by atoms with Gasteiger partial charge in [-0.05, 0) is 18.2 Å². The molecule has 0 saturated heterocycles. The van der Waals surface area contributed by atoms with Gasteiger partial charge in [-0.15, -0.1) is 11.3 Å². The van der Waals surface area contributed by atoms with E-state index in [1.165, 1.54) is 18.4 Å². The highest BCUT2D eigenvalue weighted by Gasteiger charge is 2.19. The summed E-state index contributed by atoms with van der Waals surface area (Å²) in [6.07, 6.45) is 0.685. The Morgan fingerprint density at radius 2 is 2.25 bits per heavy atom. The Kier molecular flexibility index (Phi) is 3.07. The van der Waals surface area contributed by atoms with Crippen LogP contribution in [0.25, 0.3) is 10.1 Å². The van der Waals surface area contributed by atoms with E-state index < -0.39 is 5.97 Å². The lowest BCUT2D eigenvalue weighted by molar-refractivity contribution is 0.0601. The molecule has 3 nitrogen and oxygen atoms in total. The fourth-order valence-electron chi connectivity index (χ4n) is 1.48. The maximum absolute atomic E-state index is 11.6. The number of thiophene rings is 1. The molecule has 0 aliphatic rings. The summed E-state index contributed by atoms with van der Waals surface area (Å²) in [7, 11) is 1.30. The van der Waals surface area contributed by atoms with E-state index >= 15 is 0 Å². The molecule has 0 N–H and O–H groups in total. The second-order valence-corrected chi connectivity index (χ2v) is 5.09. The van der Waals surface area contributed by atoms with Crippen molar-refractivity contribution in [3.8, 4) is 0 Å². The molecule has 1 aromatic heterocycles. The van der Waals surface area contributed by atoms with Crippen molar-refractivity contribution in [3.63, 3.8) is 0 Å². The SMILES string of the molecule is COC(=O)c1c(C=O)sc2ccc(Br)cc12. The number of ether oxygens (including phenoxy) is 1. The maximum atomic E-state index is 11.6. The fraction of sp³-hybridized carbons (Fsp3) is 0.0909. The van der Waals surface area contributed by atoms with Gasteiger partial charge in [-0.3, -0.25) is 4.79 Å². The van der Waals surface area contributed by atoms with Crippen molar-refractivity contribution in [2.45, 2.75) is 0 Å². The number of benzene rings is 1. The van der Waals surface area contributed by atoms with Crippen molar-refractivity contribution < 1.29 is 14.3 Å². The van der Waals surface area contributed by atoms with Gasteiger partial charge in [-0.2, -0.15) is 0 Å². The smallest absolute Gasteiger partial charge is 0.340 e. The molecule has 16 heavy (non-hydrogen) atoms. The number of fused-ring (bicyclic) bond motifs is 1. The van der Waals surface area contributed by atoms with Gasteiger partial charge in [-0.1, -0.05) is 15.9 Å². The number of methoxy groups -OCH3 is 1. The Balaban J connectivity index is 2.80. The first-order chi connectivity index (χ1) is 7.67. The van der Waals surface area contributed by atoms with E-state index in [4.69, 9.17) is 0 Å². The standard InChI is InChI=1S/C11H7BrO3S/c1-15-11(14)10-7-4-6(12)2-3-8(7)16-9(10)5-13/h2-5H,1H3. The van der Waals surface area contributed by atoms with Crippen LogP contribution in [0.15, 0.2) is 22.7 Å². The van der Waals surface area contributed by atoms with Crippen molar-refractivity contribution in [3.05, 3.63) is 33.1 Å². The first-order valence-corrected chi connectivity index (χ1v) is 6.04. The molecule has 0 aliphatic carbocycles. The number of aldehydes is 1. The minimum absolute atomic E-state index is 0.346. The molecule has 0 fully saturated rings. The predicted octanol–water partition coefficient (Wildman–Crippen LogP) is 3.26. The minimum Gasteiger partial charge on any atom is -0.465 e. The monoisotopic (exact) mass is 298 g/mol. The van der Waals surface area contributed by atoms with Gasteiger partial charge in [0.05, 0.1) is 17.6 Å². The van der Waals surface area contributed by atoms with Crippen LogP contribution >= 0.6 is 27.3 Å². The molecule has 0 atom stereocenters. The zero-order valence-electron chi connectivity index (χ0n) is 8.32. The van der Waals surface area contributed by atoms with E-state index in [0.717, 1.165) is 14.6 Å². The lowest BCUT2D eigenvalue weighted by Gasteiger charge is -1.98. The molecular weight excluding hydrogens is 292 g/mol. The molecule has 1 heterocycles. The van der Waals surface area contributed by atoms with Crippen LogP contribution in [0, 0.1) is 0 Å². The number of esters is 1. The van der Waals surface area contributed by atoms with Crippen molar-refractivity contribution in [2.75, 3.05) is 7.11 Å². The van der Waals surface area contributed by atoms with Gasteiger partial charge in [-0.25, -0.2) is 4.79 Å². The number of carbonyl (C=O) groups excluding carboxylic acids is 2. The van der Waals surface area contributed by atoms with Crippen molar-refractivity contribution in [2.24, 2.45) is 0 Å². The molecule has 0 unspecified atom stereocenters. The zero-order chi connectivity index (χ0) is 11.7. The Bertz CT molecular complexity index is 574. The highest BCUT2D eigenvalue weighted by Crippen LogP contribution is 2.32. The summed E-state index contributed by atoms with van der Waals surface area (Å²) < 4.78 is 6.43. The molecular formula is C11H7BrO3S. The second-order valence-electron chi connectivity index (χ2n) is 3.09. The first-order valence-electron chi connectivity index (χ1n) is 4.43. The van der Waals surface area contributed by atoms with Crippen LogP contribution in [0.1, 0.15) is 20.0 Å². The van der Waals surface area contributed by atoms with Gasteiger partial charge in [0.15, 0.2) is 6.29 Å². The minimum atomic E-state index is -0.480. The van der Waals surface area contributed by atoms with Gasteiger partial charge >= 0.3 is 5.97 Å². The van der Waals surface area contributed by atoms with E-state index in [2.05, 4.69) is 20.7 Å². The third-order valence-electron chi connectivity index (χ3n) is 2.17. The van der Waals surface area contributed by atoms with Crippen molar-refractivity contribution in [1.82, 2.24) is 0 Å². The van der Waals surface area contributed by atoms with Crippen LogP contribution in [-0.2, 0) is 4.74 Å². The van der Waals surface area contributed by atoms with Crippen molar-refractivity contribution in [1.29, 1.82) is 0 Å². The topological polar surface area (TPSA) is 43.4 Å². The lowest BCUT2D eigenvalue weighted by Crippen LogP contribution is -2.02. The van der Waals surface area contributed by atoms with E-state index in [1.54, 1.807) is 0 Å². The summed E-state index contributed by atoms with van der Waals surface area (Å²) in [4.78, 5) is 22.9. The first kappa shape index (κ1) is 11.3. The molecule has 0 spiro atoms. The Morgan fingerprint density at radius 1 is 1.50 bits per heavy atom. The molecule has 0 radical (unpaired) electrons.